The highest BCUT2D eigenvalue weighted by atomic mass is 16.3. The highest BCUT2D eigenvalue weighted by molar-refractivity contribution is 5.67. The second-order valence-electron chi connectivity index (χ2n) is 6.73. The fraction of sp³-hybridized carbons (Fsp3) is 0.217. The smallest absolute Gasteiger partial charge is 0.113 e. The number of fused-ring (bicyclic) bond motifs is 1. The normalized spacial score (nSPS) is 26.0. The third-order valence-electron chi connectivity index (χ3n) is 5.30. The van der Waals surface area contributed by atoms with E-state index in [0.29, 0.717) is 0 Å². The summed E-state index contributed by atoms with van der Waals surface area (Å²) in [5.41, 5.74) is 2.94. The molecule has 0 heterocycles. The summed E-state index contributed by atoms with van der Waals surface area (Å²) in [6, 6.07) is 18.5. The molecular formula is C23H24O. The maximum absolute atomic E-state index is 11.4. The largest absolute Gasteiger partial charge is 0.380 e. The van der Waals surface area contributed by atoms with E-state index in [1.165, 1.54) is 11.1 Å². The Labute approximate surface area is 144 Å². The van der Waals surface area contributed by atoms with E-state index < -0.39 is 11.0 Å². The maximum atomic E-state index is 11.4. The molecule has 1 N–H and O–H groups in total. The molecular weight excluding hydrogens is 292 g/mol. The Morgan fingerprint density at radius 3 is 2.42 bits per heavy atom. The van der Waals surface area contributed by atoms with Crippen LogP contribution in [-0.2, 0) is 5.41 Å². The fourth-order valence-corrected chi connectivity index (χ4v) is 3.76. The molecule has 3 rings (SSSR count). The summed E-state index contributed by atoms with van der Waals surface area (Å²) in [6.07, 6.45) is 8.75. The summed E-state index contributed by atoms with van der Waals surface area (Å²) < 4.78 is 0. The zero-order valence-electron chi connectivity index (χ0n) is 14.4. The first-order valence-corrected chi connectivity index (χ1v) is 8.37. The number of hydrogen-bond donors (Lipinski definition) is 1. The average Bonchev–Trinajstić information content (AvgIpc) is 2.61. The molecule has 0 bridgehead atoms. The third-order valence-corrected chi connectivity index (χ3v) is 5.30. The van der Waals surface area contributed by atoms with Gasteiger partial charge in [-0.15, -0.1) is 0 Å². The number of aliphatic hydroxyl groups is 1. The molecule has 2 atom stereocenters. The van der Waals surface area contributed by atoms with E-state index >= 15 is 0 Å². The Morgan fingerprint density at radius 1 is 1.04 bits per heavy atom. The van der Waals surface area contributed by atoms with Crippen LogP contribution < -0.4 is 0 Å². The van der Waals surface area contributed by atoms with Gasteiger partial charge in [0.05, 0.1) is 0 Å². The molecule has 24 heavy (non-hydrogen) atoms. The molecule has 0 amide bonds. The molecule has 0 fully saturated rings. The Balaban J connectivity index is 2.03. The number of hydrogen-bond acceptors (Lipinski definition) is 1. The van der Waals surface area contributed by atoms with Gasteiger partial charge in [-0.2, -0.15) is 0 Å². The van der Waals surface area contributed by atoms with E-state index in [2.05, 4.69) is 56.0 Å². The van der Waals surface area contributed by atoms with Gasteiger partial charge in [0.15, 0.2) is 0 Å². The van der Waals surface area contributed by atoms with Gasteiger partial charge in [0.2, 0.25) is 0 Å². The van der Waals surface area contributed by atoms with Crippen molar-refractivity contribution in [3.05, 3.63) is 95.6 Å². The van der Waals surface area contributed by atoms with Crippen molar-refractivity contribution in [2.24, 2.45) is 0 Å². The second kappa shape index (κ2) is 6.26. The maximum Gasteiger partial charge on any atom is 0.113 e. The first-order valence-electron chi connectivity index (χ1n) is 8.37. The Kier molecular flexibility index (Phi) is 4.29. The third kappa shape index (κ3) is 2.55. The van der Waals surface area contributed by atoms with Gasteiger partial charge in [-0.1, -0.05) is 92.4 Å². The second-order valence-corrected chi connectivity index (χ2v) is 6.73. The lowest BCUT2D eigenvalue weighted by Gasteiger charge is -2.47. The van der Waals surface area contributed by atoms with Crippen molar-refractivity contribution >= 4 is 12.2 Å². The van der Waals surface area contributed by atoms with Crippen molar-refractivity contribution in [3.63, 3.8) is 0 Å². The van der Waals surface area contributed by atoms with Crippen molar-refractivity contribution < 1.29 is 5.11 Å². The summed E-state index contributed by atoms with van der Waals surface area (Å²) in [5.74, 6) is 0. The van der Waals surface area contributed by atoms with Crippen LogP contribution in [0.3, 0.4) is 0 Å². The zero-order valence-corrected chi connectivity index (χ0v) is 14.4. The zero-order chi connectivity index (χ0) is 17.2. The van der Waals surface area contributed by atoms with Gasteiger partial charge in [-0.05, 0) is 35.6 Å². The van der Waals surface area contributed by atoms with Gasteiger partial charge in [0, 0.05) is 5.41 Å². The van der Waals surface area contributed by atoms with E-state index in [4.69, 9.17) is 0 Å². The van der Waals surface area contributed by atoms with Crippen molar-refractivity contribution in [2.75, 3.05) is 0 Å². The molecule has 0 saturated heterocycles. The monoisotopic (exact) mass is 316 g/mol. The lowest BCUT2D eigenvalue weighted by atomic mass is 9.60. The van der Waals surface area contributed by atoms with Gasteiger partial charge in [-0.3, -0.25) is 0 Å². The first-order chi connectivity index (χ1) is 11.5. The first kappa shape index (κ1) is 16.5. The summed E-state index contributed by atoms with van der Waals surface area (Å²) in [6.45, 7) is 8.03. The van der Waals surface area contributed by atoms with E-state index in [9.17, 15) is 5.11 Å². The molecule has 2 aromatic carbocycles. The molecule has 1 aliphatic rings. The molecule has 0 unspecified atom stereocenters. The van der Waals surface area contributed by atoms with Crippen molar-refractivity contribution in [1.29, 1.82) is 0 Å². The van der Waals surface area contributed by atoms with Gasteiger partial charge < -0.3 is 5.11 Å². The minimum Gasteiger partial charge on any atom is -0.380 e. The van der Waals surface area contributed by atoms with Gasteiger partial charge in [0.25, 0.3) is 0 Å². The standard InChI is InChI=1S/C23H24O/c1-4-23(24)18(2)17-20-14-8-9-15-21(20)22(23,3)16-10-13-19-11-6-5-7-12-19/h4-15,17,24H,1,16H2,2-3H3/b13-10+/t22-,23+/m0/s1. The molecule has 1 heteroatoms. The number of rotatable bonds is 4. The fourth-order valence-electron chi connectivity index (χ4n) is 3.76. The molecule has 0 aliphatic heterocycles. The van der Waals surface area contributed by atoms with Crippen molar-refractivity contribution in [1.82, 2.24) is 0 Å². The van der Waals surface area contributed by atoms with Crippen LogP contribution in [-0.4, -0.2) is 10.7 Å². The lowest BCUT2D eigenvalue weighted by molar-refractivity contribution is 0.0463. The summed E-state index contributed by atoms with van der Waals surface area (Å²) in [5, 5.41) is 11.4. The Hall–Kier alpha value is -2.38. The summed E-state index contributed by atoms with van der Waals surface area (Å²) in [7, 11) is 0. The van der Waals surface area contributed by atoms with E-state index in [1.807, 2.05) is 37.3 Å². The van der Waals surface area contributed by atoms with Crippen molar-refractivity contribution in [3.8, 4) is 0 Å². The number of allylic oxidation sites excluding steroid dienone is 1. The predicted molar refractivity (Wildman–Crippen MR) is 103 cm³/mol. The molecule has 0 saturated carbocycles. The average molecular weight is 316 g/mol. The minimum atomic E-state index is -1.05. The SMILES string of the molecule is C=C[C@@]1(O)C(C)=Cc2ccccc2[C@]1(C)C/C=C/c1ccccc1. The van der Waals surface area contributed by atoms with Crippen molar-refractivity contribution in [2.45, 2.75) is 31.3 Å². The lowest BCUT2D eigenvalue weighted by Crippen LogP contribution is -2.51. The van der Waals surface area contributed by atoms with E-state index in [1.54, 1.807) is 6.08 Å². The highest BCUT2D eigenvalue weighted by Crippen LogP contribution is 2.49. The van der Waals surface area contributed by atoms with Crippen LogP contribution in [0.25, 0.3) is 12.2 Å². The van der Waals surface area contributed by atoms with Gasteiger partial charge in [0.1, 0.15) is 5.60 Å². The van der Waals surface area contributed by atoms with Crippen LogP contribution in [0.4, 0.5) is 0 Å². The van der Waals surface area contributed by atoms with Crippen LogP contribution in [0, 0.1) is 0 Å². The summed E-state index contributed by atoms with van der Waals surface area (Å²) >= 11 is 0. The van der Waals surface area contributed by atoms with E-state index in [0.717, 1.165) is 17.6 Å². The van der Waals surface area contributed by atoms with Crippen LogP contribution >= 0.6 is 0 Å². The molecule has 0 aromatic heterocycles. The van der Waals surface area contributed by atoms with Crippen LogP contribution in [0.5, 0.6) is 0 Å². The van der Waals surface area contributed by atoms with Crippen LogP contribution in [0.1, 0.15) is 37.0 Å². The number of benzene rings is 2. The quantitative estimate of drug-likeness (QED) is 0.751. The van der Waals surface area contributed by atoms with E-state index in [-0.39, 0.29) is 0 Å². The predicted octanol–water partition coefficient (Wildman–Crippen LogP) is 5.38. The summed E-state index contributed by atoms with van der Waals surface area (Å²) in [4.78, 5) is 0. The molecule has 1 nitrogen and oxygen atoms in total. The van der Waals surface area contributed by atoms with Crippen LogP contribution in [0.2, 0.25) is 0 Å². The van der Waals surface area contributed by atoms with Gasteiger partial charge >= 0.3 is 0 Å². The van der Waals surface area contributed by atoms with Crippen LogP contribution in [0.15, 0.2) is 78.9 Å². The molecule has 2 aromatic rings. The van der Waals surface area contributed by atoms with Gasteiger partial charge in [-0.25, -0.2) is 0 Å². The molecule has 122 valence electrons. The topological polar surface area (TPSA) is 20.2 Å². The minimum absolute atomic E-state index is 0.449. The molecule has 0 radical (unpaired) electrons. The molecule has 1 aliphatic carbocycles. The Morgan fingerprint density at radius 2 is 1.71 bits per heavy atom. The highest BCUT2D eigenvalue weighted by Gasteiger charge is 2.49. The molecule has 0 spiro atoms. The Bertz CT molecular complexity index is 800.